The van der Waals surface area contributed by atoms with Crippen molar-refractivity contribution in [2.75, 3.05) is 0 Å². The maximum atomic E-state index is 13.4. The quantitative estimate of drug-likeness (QED) is 0.759. The highest BCUT2D eigenvalue weighted by molar-refractivity contribution is 6.12. The van der Waals surface area contributed by atoms with E-state index in [0.29, 0.717) is 6.54 Å². The molecule has 0 radical (unpaired) electrons. The van der Waals surface area contributed by atoms with E-state index >= 15 is 0 Å². The highest BCUT2D eigenvalue weighted by Gasteiger charge is 2.65. The molecule has 3 heterocycles. The Morgan fingerprint density at radius 1 is 0.893 bits per heavy atom. The second kappa shape index (κ2) is 6.66. The molecule has 1 saturated carbocycles. The third-order valence-corrected chi connectivity index (χ3v) is 7.10. The molecule has 1 aliphatic carbocycles. The van der Waals surface area contributed by atoms with Crippen molar-refractivity contribution in [2.24, 2.45) is 11.8 Å². The van der Waals surface area contributed by atoms with Crippen LogP contribution >= 0.6 is 0 Å². The molecule has 146 valence electrons. The van der Waals surface area contributed by atoms with E-state index in [4.69, 9.17) is 0 Å². The SMILES string of the molecule is CC1=CC(=O)C2C3C(=O)N(C4CCCCC4)C(=O)C3C1N2Cc1ccccc1. The molecule has 5 rings (SSSR count). The van der Waals surface area contributed by atoms with Crippen LogP contribution in [0.15, 0.2) is 42.0 Å². The molecule has 1 aromatic rings. The van der Waals surface area contributed by atoms with Gasteiger partial charge >= 0.3 is 0 Å². The van der Waals surface area contributed by atoms with Crippen molar-refractivity contribution in [2.45, 2.75) is 63.7 Å². The molecule has 28 heavy (non-hydrogen) atoms. The summed E-state index contributed by atoms with van der Waals surface area (Å²) in [5.74, 6) is -1.11. The van der Waals surface area contributed by atoms with E-state index in [0.717, 1.165) is 36.8 Å². The van der Waals surface area contributed by atoms with Crippen molar-refractivity contribution >= 4 is 17.6 Å². The number of amides is 2. The maximum absolute atomic E-state index is 13.4. The minimum absolute atomic E-state index is 0.0242. The molecule has 0 spiro atoms. The van der Waals surface area contributed by atoms with Gasteiger partial charge in [0.05, 0.1) is 17.9 Å². The van der Waals surface area contributed by atoms with Gasteiger partial charge in [0, 0.05) is 18.6 Å². The summed E-state index contributed by atoms with van der Waals surface area (Å²) in [6.07, 6.45) is 6.80. The van der Waals surface area contributed by atoms with E-state index in [-0.39, 0.29) is 29.7 Å². The zero-order chi connectivity index (χ0) is 19.4. The Hall–Kier alpha value is -2.27. The van der Waals surface area contributed by atoms with Crippen LogP contribution in [0.5, 0.6) is 0 Å². The van der Waals surface area contributed by atoms with Gasteiger partial charge < -0.3 is 0 Å². The van der Waals surface area contributed by atoms with Gasteiger partial charge in [-0.15, -0.1) is 0 Å². The lowest BCUT2D eigenvalue weighted by molar-refractivity contribution is -0.146. The summed E-state index contributed by atoms with van der Waals surface area (Å²) in [6.45, 7) is 2.52. The van der Waals surface area contributed by atoms with E-state index in [1.807, 2.05) is 37.3 Å². The molecule has 0 N–H and O–H groups in total. The molecule has 4 atom stereocenters. The Kier molecular flexibility index (Phi) is 4.23. The van der Waals surface area contributed by atoms with Crippen LogP contribution in [0.3, 0.4) is 0 Å². The monoisotopic (exact) mass is 378 g/mol. The predicted molar refractivity (Wildman–Crippen MR) is 104 cm³/mol. The topological polar surface area (TPSA) is 57.7 Å². The fourth-order valence-electron chi connectivity index (χ4n) is 5.96. The fourth-order valence-corrected chi connectivity index (χ4v) is 5.96. The molecule has 5 heteroatoms. The van der Waals surface area contributed by atoms with E-state index in [9.17, 15) is 14.4 Å². The Labute approximate surface area is 165 Å². The van der Waals surface area contributed by atoms with Crippen LogP contribution < -0.4 is 0 Å². The maximum Gasteiger partial charge on any atom is 0.235 e. The van der Waals surface area contributed by atoms with Gasteiger partial charge in [-0.25, -0.2) is 0 Å². The summed E-state index contributed by atoms with van der Waals surface area (Å²) >= 11 is 0. The first kappa shape index (κ1) is 17.8. The molecular weight excluding hydrogens is 352 g/mol. The fraction of sp³-hybridized carbons (Fsp3) is 0.522. The Bertz CT molecular complexity index is 856. The number of fused-ring (bicyclic) bond motifs is 5. The lowest BCUT2D eigenvalue weighted by Crippen LogP contribution is -2.51. The van der Waals surface area contributed by atoms with Gasteiger partial charge in [0.15, 0.2) is 5.78 Å². The summed E-state index contributed by atoms with van der Waals surface area (Å²) in [4.78, 5) is 43.4. The zero-order valence-corrected chi connectivity index (χ0v) is 16.2. The molecule has 5 nitrogen and oxygen atoms in total. The number of likely N-dealkylation sites (tertiary alicyclic amines) is 1. The standard InChI is InChI=1S/C23H26N2O3/c1-14-12-17(26)21-19-18(20(14)24(21)13-15-8-4-2-5-9-15)22(27)25(23(19)28)16-10-6-3-7-11-16/h2,4-5,8-9,12,16,18-21H,3,6-7,10-11,13H2,1H3. The minimum atomic E-state index is -0.524. The van der Waals surface area contributed by atoms with E-state index in [2.05, 4.69) is 4.90 Å². The number of hydrogen-bond acceptors (Lipinski definition) is 4. The zero-order valence-electron chi connectivity index (χ0n) is 16.2. The molecule has 1 aromatic carbocycles. The molecule has 3 fully saturated rings. The molecule has 0 aromatic heterocycles. The summed E-state index contributed by atoms with van der Waals surface area (Å²) in [7, 11) is 0. The van der Waals surface area contributed by atoms with Gasteiger partial charge in [0.25, 0.3) is 0 Å². The average molecular weight is 378 g/mol. The Balaban J connectivity index is 1.50. The predicted octanol–water partition coefficient (Wildman–Crippen LogP) is 2.70. The molecule has 2 amide bonds. The Morgan fingerprint density at radius 2 is 1.54 bits per heavy atom. The van der Waals surface area contributed by atoms with Crippen molar-refractivity contribution in [3.63, 3.8) is 0 Å². The van der Waals surface area contributed by atoms with Gasteiger partial charge in [0.2, 0.25) is 11.8 Å². The molecule has 3 aliphatic heterocycles. The van der Waals surface area contributed by atoms with Crippen LogP contribution in [0.4, 0.5) is 0 Å². The number of carbonyl (C=O) groups excluding carboxylic acids is 3. The number of ketones is 1. The lowest BCUT2D eigenvalue weighted by atomic mass is 9.89. The number of rotatable bonds is 3. The largest absolute Gasteiger partial charge is 0.293 e. The first-order chi connectivity index (χ1) is 13.6. The smallest absolute Gasteiger partial charge is 0.235 e. The van der Waals surface area contributed by atoms with Crippen LogP contribution in [-0.2, 0) is 20.9 Å². The van der Waals surface area contributed by atoms with E-state index in [1.165, 1.54) is 6.42 Å². The molecule has 4 unspecified atom stereocenters. The van der Waals surface area contributed by atoms with Crippen LogP contribution in [0.2, 0.25) is 0 Å². The van der Waals surface area contributed by atoms with Gasteiger partial charge in [-0.1, -0.05) is 55.2 Å². The molecule has 2 saturated heterocycles. The lowest BCUT2D eigenvalue weighted by Gasteiger charge is -2.37. The average Bonchev–Trinajstić information content (AvgIpc) is 3.11. The Morgan fingerprint density at radius 3 is 2.21 bits per heavy atom. The summed E-state index contributed by atoms with van der Waals surface area (Å²) in [6, 6.07) is 9.36. The van der Waals surface area contributed by atoms with E-state index in [1.54, 1.807) is 11.0 Å². The molecular formula is C23H26N2O3. The summed E-state index contributed by atoms with van der Waals surface area (Å²) in [5.41, 5.74) is 2.01. The third kappa shape index (κ3) is 2.52. The van der Waals surface area contributed by atoms with Gasteiger partial charge in [-0.05, 0) is 31.4 Å². The van der Waals surface area contributed by atoms with Gasteiger partial charge in [0.1, 0.15) is 0 Å². The summed E-state index contributed by atoms with van der Waals surface area (Å²) < 4.78 is 0. The van der Waals surface area contributed by atoms with E-state index < -0.39 is 17.9 Å². The number of nitrogens with zero attached hydrogens (tertiary/aromatic N) is 2. The minimum Gasteiger partial charge on any atom is -0.293 e. The van der Waals surface area contributed by atoms with Crippen molar-refractivity contribution < 1.29 is 14.4 Å². The first-order valence-electron chi connectivity index (χ1n) is 10.5. The van der Waals surface area contributed by atoms with Crippen LogP contribution in [0, 0.1) is 11.8 Å². The molecule has 2 bridgehead atoms. The highest BCUT2D eigenvalue weighted by atomic mass is 16.2. The number of hydrogen-bond donors (Lipinski definition) is 0. The normalized spacial score (nSPS) is 33.4. The van der Waals surface area contributed by atoms with Gasteiger partial charge in [-0.3, -0.25) is 24.2 Å². The number of benzene rings is 1. The number of carbonyl (C=O) groups is 3. The van der Waals surface area contributed by atoms with Crippen molar-refractivity contribution in [1.82, 2.24) is 9.80 Å². The van der Waals surface area contributed by atoms with Crippen LogP contribution in [0.1, 0.15) is 44.6 Å². The number of imide groups is 1. The second-order valence-corrected chi connectivity index (χ2v) is 8.73. The molecule has 4 aliphatic rings. The van der Waals surface area contributed by atoms with Gasteiger partial charge in [-0.2, -0.15) is 0 Å². The second-order valence-electron chi connectivity index (χ2n) is 8.73. The highest BCUT2D eigenvalue weighted by Crippen LogP contribution is 2.49. The van der Waals surface area contributed by atoms with Crippen molar-refractivity contribution in [1.29, 1.82) is 0 Å². The van der Waals surface area contributed by atoms with Crippen LogP contribution in [0.25, 0.3) is 0 Å². The van der Waals surface area contributed by atoms with Crippen LogP contribution in [-0.4, -0.2) is 45.5 Å². The third-order valence-electron chi connectivity index (χ3n) is 7.10. The first-order valence-corrected chi connectivity index (χ1v) is 10.5. The van der Waals surface area contributed by atoms with Crippen molar-refractivity contribution in [3.05, 3.63) is 47.5 Å². The summed E-state index contributed by atoms with van der Waals surface area (Å²) in [5, 5.41) is 0. The van der Waals surface area contributed by atoms with Crippen molar-refractivity contribution in [3.8, 4) is 0 Å².